The summed E-state index contributed by atoms with van der Waals surface area (Å²) in [4.78, 5) is 13.6. The van der Waals surface area contributed by atoms with Crippen LogP contribution in [0, 0.1) is 12.8 Å². The maximum absolute atomic E-state index is 12.4. The zero-order valence-electron chi connectivity index (χ0n) is 14.9. The lowest BCUT2D eigenvalue weighted by Gasteiger charge is -2.21. The molecule has 0 saturated carbocycles. The average Bonchev–Trinajstić information content (AvgIpc) is 2.95. The molecule has 0 unspecified atom stereocenters. The van der Waals surface area contributed by atoms with Crippen molar-refractivity contribution in [1.82, 2.24) is 25.7 Å². The number of carbonyl (C=O) groups is 1. The van der Waals surface area contributed by atoms with E-state index in [1.165, 1.54) is 0 Å². The molecule has 0 saturated heterocycles. The SMILES string of the molecule is Cc1nnc(Cc2cc(C[C@H](NC(C)C)C(=O)C(C)C)cs2)nn1. The molecular formula is C17H25N5OS. The molecule has 0 radical (unpaired) electrons. The van der Waals surface area contributed by atoms with Crippen molar-refractivity contribution in [1.29, 1.82) is 0 Å². The number of Topliss-reactive ketones (excluding diaryl/α,β-unsaturated/α-hetero) is 1. The van der Waals surface area contributed by atoms with Gasteiger partial charge in [0.15, 0.2) is 17.4 Å². The number of hydrogen-bond donors (Lipinski definition) is 1. The molecule has 2 aromatic heterocycles. The molecule has 0 aromatic carbocycles. The highest BCUT2D eigenvalue weighted by Gasteiger charge is 2.22. The molecule has 6 nitrogen and oxygen atoms in total. The molecule has 2 rings (SSSR count). The van der Waals surface area contributed by atoms with Crippen LogP contribution in [0.25, 0.3) is 0 Å². The van der Waals surface area contributed by atoms with Gasteiger partial charge in [-0.25, -0.2) is 0 Å². The number of rotatable bonds is 8. The Balaban J connectivity index is 2.05. The van der Waals surface area contributed by atoms with E-state index in [4.69, 9.17) is 0 Å². The number of nitrogens with one attached hydrogen (secondary N) is 1. The van der Waals surface area contributed by atoms with Gasteiger partial charge in [-0.2, -0.15) is 0 Å². The van der Waals surface area contributed by atoms with Crippen molar-refractivity contribution in [3.63, 3.8) is 0 Å². The number of thiophene rings is 1. The summed E-state index contributed by atoms with van der Waals surface area (Å²) in [5, 5.41) is 21.5. The fourth-order valence-corrected chi connectivity index (χ4v) is 3.33. The first kappa shape index (κ1) is 18.6. The van der Waals surface area contributed by atoms with Gasteiger partial charge in [0, 0.05) is 23.3 Å². The quantitative estimate of drug-likeness (QED) is 0.789. The lowest BCUT2D eigenvalue weighted by atomic mass is 9.96. The van der Waals surface area contributed by atoms with Crippen LogP contribution >= 0.6 is 11.3 Å². The molecule has 7 heteroatoms. The Morgan fingerprint density at radius 2 is 1.83 bits per heavy atom. The van der Waals surface area contributed by atoms with Gasteiger partial charge in [-0.15, -0.1) is 31.7 Å². The fraction of sp³-hybridized carbons (Fsp3) is 0.588. The first-order valence-electron chi connectivity index (χ1n) is 8.24. The highest BCUT2D eigenvalue weighted by molar-refractivity contribution is 7.10. The summed E-state index contributed by atoms with van der Waals surface area (Å²) in [5.41, 5.74) is 1.16. The topological polar surface area (TPSA) is 80.7 Å². The second kappa shape index (κ2) is 8.39. The molecule has 0 bridgehead atoms. The molecule has 0 fully saturated rings. The van der Waals surface area contributed by atoms with Crippen molar-refractivity contribution in [2.24, 2.45) is 5.92 Å². The monoisotopic (exact) mass is 347 g/mol. The predicted molar refractivity (Wildman–Crippen MR) is 95.1 cm³/mol. The summed E-state index contributed by atoms with van der Waals surface area (Å²) >= 11 is 1.65. The minimum absolute atomic E-state index is 0.0254. The third-order valence-corrected chi connectivity index (χ3v) is 4.53. The van der Waals surface area contributed by atoms with E-state index >= 15 is 0 Å². The molecular weight excluding hydrogens is 322 g/mol. The second-order valence-electron chi connectivity index (χ2n) is 6.60. The molecule has 0 spiro atoms. The van der Waals surface area contributed by atoms with Crippen molar-refractivity contribution in [2.75, 3.05) is 0 Å². The Morgan fingerprint density at radius 3 is 2.42 bits per heavy atom. The molecule has 0 amide bonds. The van der Waals surface area contributed by atoms with Gasteiger partial charge < -0.3 is 5.32 Å². The van der Waals surface area contributed by atoms with E-state index < -0.39 is 0 Å². The third-order valence-electron chi connectivity index (χ3n) is 3.55. The summed E-state index contributed by atoms with van der Waals surface area (Å²) in [6.45, 7) is 9.79. The molecule has 1 atom stereocenters. The van der Waals surface area contributed by atoms with E-state index in [1.807, 2.05) is 13.8 Å². The molecule has 2 aromatic rings. The largest absolute Gasteiger partial charge is 0.305 e. The summed E-state index contributed by atoms with van der Waals surface area (Å²) in [5.74, 6) is 1.47. The zero-order chi connectivity index (χ0) is 17.7. The van der Waals surface area contributed by atoms with Gasteiger partial charge in [0.2, 0.25) is 0 Å². The van der Waals surface area contributed by atoms with Crippen LogP contribution in [-0.2, 0) is 17.6 Å². The van der Waals surface area contributed by atoms with E-state index in [1.54, 1.807) is 18.3 Å². The Morgan fingerprint density at radius 1 is 1.17 bits per heavy atom. The lowest BCUT2D eigenvalue weighted by Crippen LogP contribution is -2.44. The van der Waals surface area contributed by atoms with Crippen LogP contribution in [0.5, 0.6) is 0 Å². The summed E-state index contributed by atoms with van der Waals surface area (Å²) in [7, 11) is 0. The Bertz CT molecular complexity index is 666. The summed E-state index contributed by atoms with van der Waals surface area (Å²) < 4.78 is 0. The van der Waals surface area contributed by atoms with Gasteiger partial charge in [-0.05, 0) is 30.4 Å². The van der Waals surface area contributed by atoms with Crippen molar-refractivity contribution >= 4 is 17.1 Å². The Hall–Kier alpha value is -1.73. The van der Waals surface area contributed by atoms with Crippen molar-refractivity contribution in [2.45, 2.75) is 59.5 Å². The smallest absolute Gasteiger partial charge is 0.178 e. The fourth-order valence-electron chi connectivity index (χ4n) is 2.43. The highest BCUT2D eigenvalue weighted by atomic mass is 32.1. The van der Waals surface area contributed by atoms with Crippen molar-refractivity contribution in [3.05, 3.63) is 33.5 Å². The second-order valence-corrected chi connectivity index (χ2v) is 7.59. The minimum atomic E-state index is -0.147. The van der Waals surface area contributed by atoms with E-state index in [0.29, 0.717) is 24.5 Å². The van der Waals surface area contributed by atoms with Gasteiger partial charge in [0.05, 0.1) is 6.04 Å². The van der Waals surface area contributed by atoms with Crippen molar-refractivity contribution < 1.29 is 4.79 Å². The van der Waals surface area contributed by atoms with Gasteiger partial charge >= 0.3 is 0 Å². The minimum Gasteiger partial charge on any atom is -0.305 e. The Kier molecular flexibility index (Phi) is 6.51. The van der Waals surface area contributed by atoms with E-state index in [9.17, 15) is 4.79 Å². The zero-order valence-corrected chi connectivity index (χ0v) is 15.7. The van der Waals surface area contributed by atoms with Crippen LogP contribution in [0.2, 0.25) is 0 Å². The predicted octanol–water partition coefficient (Wildman–Crippen LogP) is 2.36. The van der Waals surface area contributed by atoms with Gasteiger partial charge in [-0.1, -0.05) is 27.7 Å². The Labute approximate surface area is 147 Å². The van der Waals surface area contributed by atoms with Crippen LogP contribution in [-0.4, -0.2) is 38.3 Å². The van der Waals surface area contributed by atoms with Crippen LogP contribution in [0.4, 0.5) is 0 Å². The molecule has 0 aliphatic carbocycles. The molecule has 1 N–H and O–H groups in total. The normalized spacial score (nSPS) is 12.8. The van der Waals surface area contributed by atoms with E-state index in [0.717, 1.165) is 10.4 Å². The molecule has 0 aliphatic heterocycles. The summed E-state index contributed by atoms with van der Waals surface area (Å²) in [6.07, 6.45) is 1.32. The number of aryl methyl sites for hydroxylation is 1. The summed E-state index contributed by atoms with van der Waals surface area (Å²) in [6, 6.07) is 2.25. The molecule has 0 aliphatic rings. The lowest BCUT2D eigenvalue weighted by molar-refractivity contribution is -0.124. The number of nitrogens with zero attached hydrogens (tertiary/aromatic N) is 4. The van der Waals surface area contributed by atoms with Crippen LogP contribution < -0.4 is 5.32 Å². The van der Waals surface area contributed by atoms with Crippen LogP contribution in [0.1, 0.15) is 49.8 Å². The number of carbonyl (C=O) groups excluding carboxylic acids is 1. The van der Waals surface area contributed by atoms with E-state index in [2.05, 4.69) is 51.0 Å². The number of hydrogen-bond acceptors (Lipinski definition) is 7. The van der Waals surface area contributed by atoms with Crippen LogP contribution in [0.15, 0.2) is 11.4 Å². The first-order valence-corrected chi connectivity index (χ1v) is 9.12. The molecule has 24 heavy (non-hydrogen) atoms. The number of ketones is 1. The van der Waals surface area contributed by atoms with Gasteiger partial charge in [0.1, 0.15) is 0 Å². The third kappa shape index (κ3) is 5.42. The molecule has 130 valence electrons. The first-order chi connectivity index (χ1) is 11.3. The molecule has 2 heterocycles. The van der Waals surface area contributed by atoms with Crippen molar-refractivity contribution in [3.8, 4) is 0 Å². The van der Waals surface area contributed by atoms with Crippen LogP contribution in [0.3, 0.4) is 0 Å². The standard InChI is InChI=1S/C17H25N5OS/c1-10(2)17(23)15(18-11(3)4)7-13-6-14(24-9-13)8-16-21-19-12(5)20-22-16/h6,9-11,15,18H,7-8H2,1-5H3/t15-/m0/s1. The van der Waals surface area contributed by atoms with Gasteiger partial charge in [0.25, 0.3) is 0 Å². The van der Waals surface area contributed by atoms with E-state index in [-0.39, 0.29) is 23.8 Å². The average molecular weight is 347 g/mol. The van der Waals surface area contributed by atoms with Gasteiger partial charge in [-0.3, -0.25) is 4.79 Å². The number of aromatic nitrogens is 4. The highest BCUT2D eigenvalue weighted by Crippen LogP contribution is 2.19. The maximum Gasteiger partial charge on any atom is 0.178 e. The maximum atomic E-state index is 12.4.